The molecule has 0 aromatic heterocycles. The van der Waals surface area contributed by atoms with E-state index in [-0.39, 0.29) is 5.91 Å². The van der Waals surface area contributed by atoms with Gasteiger partial charge in [-0.25, -0.2) is 0 Å². The zero-order valence-corrected chi connectivity index (χ0v) is 16.5. The Balaban J connectivity index is 1.88. The number of nitrogens with one attached hydrogen (secondary N) is 2. The Bertz CT molecular complexity index is 921. The summed E-state index contributed by atoms with van der Waals surface area (Å²) >= 11 is 0. The summed E-state index contributed by atoms with van der Waals surface area (Å²) < 4.78 is 5.40. The maximum Gasteiger partial charge on any atom is 0.251 e. The van der Waals surface area contributed by atoms with Crippen LogP contribution in [0.4, 0.5) is 11.4 Å². The van der Waals surface area contributed by atoms with Gasteiger partial charge in [-0.15, -0.1) is 0 Å². The van der Waals surface area contributed by atoms with Crippen molar-refractivity contribution in [3.8, 4) is 5.75 Å². The van der Waals surface area contributed by atoms with Crippen LogP contribution >= 0.6 is 0 Å². The number of rotatable bonds is 7. The Morgan fingerprint density at radius 3 is 2.36 bits per heavy atom. The molecule has 0 aliphatic heterocycles. The van der Waals surface area contributed by atoms with Gasteiger partial charge < -0.3 is 15.4 Å². The Labute approximate surface area is 166 Å². The van der Waals surface area contributed by atoms with Crippen molar-refractivity contribution in [2.24, 2.45) is 0 Å². The third-order valence-corrected chi connectivity index (χ3v) is 4.68. The first-order valence-electron chi connectivity index (χ1n) is 9.46. The second-order valence-corrected chi connectivity index (χ2v) is 6.73. The van der Waals surface area contributed by atoms with E-state index < -0.39 is 6.04 Å². The SMILES string of the molecule is CCc1ccc(NC(C(=O)Nc2cc(C)ccc2OC)c2ccccc2)cc1. The third kappa shape index (κ3) is 4.71. The number of carbonyl (C=O) groups excluding carboxylic acids is 1. The first-order chi connectivity index (χ1) is 13.6. The molecule has 0 aliphatic rings. The number of amides is 1. The van der Waals surface area contributed by atoms with Crippen LogP contribution in [0.2, 0.25) is 0 Å². The molecular weight excluding hydrogens is 348 g/mol. The average Bonchev–Trinajstić information content (AvgIpc) is 2.73. The van der Waals surface area contributed by atoms with Gasteiger partial charge in [0.25, 0.3) is 5.91 Å². The fraction of sp³-hybridized carbons (Fsp3) is 0.208. The molecule has 0 radical (unpaired) electrons. The maximum atomic E-state index is 13.2. The van der Waals surface area contributed by atoms with Gasteiger partial charge in [-0.1, -0.05) is 55.5 Å². The van der Waals surface area contributed by atoms with Gasteiger partial charge in [-0.2, -0.15) is 0 Å². The lowest BCUT2D eigenvalue weighted by Gasteiger charge is -2.21. The first-order valence-corrected chi connectivity index (χ1v) is 9.46. The van der Waals surface area contributed by atoms with Crippen LogP contribution in [0, 0.1) is 6.92 Å². The molecule has 0 fully saturated rings. The molecule has 144 valence electrons. The summed E-state index contributed by atoms with van der Waals surface area (Å²) in [4.78, 5) is 13.2. The number of ether oxygens (including phenoxy) is 1. The lowest BCUT2D eigenvalue weighted by molar-refractivity contribution is -0.117. The molecule has 1 atom stereocenters. The van der Waals surface area contributed by atoms with E-state index in [1.165, 1.54) is 5.56 Å². The summed E-state index contributed by atoms with van der Waals surface area (Å²) in [6.07, 6.45) is 0.982. The molecule has 0 saturated carbocycles. The normalized spacial score (nSPS) is 11.5. The first kappa shape index (κ1) is 19.5. The number of hydrogen-bond acceptors (Lipinski definition) is 3. The van der Waals surface area contributed by atoms with Crippen LogP contribution < -0.4 is 15.4 Å². The number of hydrogen-bond donors (Lipinski definition) is 2. The highest BCUT2D eigenvalue weighted by Gasteiger charge is 2.21. The molecular formula is C24H26N2O2. The van der Waals surface area contributed by atoms with Gasteiger partial charge >= 0.3 is 0 Å². The number of aryl methyl sites for hydroxylation is 2. The van der Waals surface area contributed by atoms with Crippen LogP contribution in [0.5, 0.6) is 5.75 Å². The summed E-state index contributed by atoms with van der Waals surface area (Å²) in [6, 6.07) is 23.1. The minimum atomic E-state index is -0.529. The minimum absolute atomic E-state index is 0.144. The predicted molar refractivity (Wildman–Crippen MR) is 115 cm³/mol. The van der Waals surface area contributed by atoms with Gasteiger partial charge in [0.1, 0.15) is 11.8 Å². The highest BCUT2D eigenvalue weighted by atomic mass is 16.5. The van der Waals surface area contributed by atoms with E-state index in [1.54, 1.807) is 7.11 Å². The van der Waals surface area contributed by atoms with Crippen LogP contribution in [-0.2, 0) is 11.2 Å². The zero-order chi connectivity index (χ0) is 19.9. The van der Waals surface area contributed by atoms with Crippen molar-refractivity contribution in [3.05, 3.63) is 89.5 Å². The Morgan fingerprint density at radius 2 is 1.71 bits per heavy atom. The van der Waals surface area contributed by atoms with Crippen molar-refractivity contribution < 1.29 is 9.53 Å². The zero-order valence-electron chi connectivity index (χ0n) is 16.5. The molecule has 2 N–H and O–H groups in total. The van der Waals surface area contributed by atoms with Gasteiger partial charge in [0.05, 0.1) is 12.8 Å². The second kappa shape index (κ2) is 9.09. The molecule has 28 heavy (non-hydrogen) atoms. The summed E-state index contributed by atoms with van der Waals surface area (Å²) in [7, 11) is 1.60. The third-order valence-electron chi connectivity index (χ3n) is 4.68. The van der Waals surface area contributed by atoms with Gasteiger partial charge in [-0.3, -0.25) is 4.79 Å². The van der Waals surface area contributed by atoms with Crippen molar-refractivity contribution in [1.29, 1.82) is 0 Å². The molecule has 0 spiro atoms. The fourth-order valence-electron chi connectivity index (χ4n) is 3.07. The monoisotopic (exact) mass is 374 g/mol. The lowest BCUT2D eigenvalue weighted by Crippen LogP contribution is -2.27. The molecule has 4 heteroatoms. The van der Waals surface area contributed by atoms with Crippen LogP contribution in [0.1, 0.15) is 29.7 Å². The summed E-state index contributed by atoms with van der Waals surface area (Å²) in [5.74, 6) is 0.493. The van der Waals surface area contributed by atoms with Crippen molar-refractivity contribution >= 4 is 17.3 Å². The molecule has 0 aliphatic carbocycles. The Morgan fingerprint density at radius 1 is 1.00 bits per heavy atom. The van der Waals surface area contributed by atoms with E-state index in [0.717, 1.165) is 23.2 Å². The minimum Gasteiger partial charge on any atom is -0.495 e. The van der Waals surface area contributed by atoms with Gasteiger partial charge in [-0.05, 0) is 54.3 Å². The van der Waals surface area contributed by atoms with Gasteiger partial charge in [0.15, 0.2) is 0 Å². The number of methoxy groups -OCH3 is 1. The van der Waals surface area contributed by atoms with Gasteiger partial charge in [0.2, 0.25) is 0 Å². The Hall–Kier alpha value is -3.27. The van der Waals surface area contributed by atoms with E-state index in [0.29, 0.717) is 11.4 Å². The summed E-state index contributed by atoms with van der Waals surface area (Å²) in [6.45, 7) is 4.11. The molecule has 0 bridgehead atoms. The molecule has 3 aromatic carbocycles. The molecule has 1 unspecified atom stereocenters. The number of anilines is 2. The van der Waals surface area contributed by atoms with E-state index in [1.807, 2.05) is 67.6 Å². The van der Waals surface area contributed by atoms with Crippen LogP contribution in [-0.4, -0.2) is 13.0 Å². The number of benzene rings is 3. The highest BCUT2D eigenvalue weighted by molar-refractivity contribution is 5.98. The summed E-state index contributed by atoms with van der Waals surface area (Å²) in [5.41, 5.74) is 4.77. The topological polar surface area (TPSA) is 50.4 Å². The predicted octanol–water partition coefficient (Wildman–Crippen LogP) is 5.36. The molecule has 3 rings (SSSR count). The van der Waals surface area contributed by atoms with E-state index in [4.69, 9.17) is 4.74 Å². The number of carbonyl (C=O) groups is 1. The van der Waals surface area contributed by atoms with Crippen LogP contribution in [0.25, 0.3) is 0 Å². The highest BCUT2D eigenvalue weighted by Crippen LogP contribution is 2.28. The lowest BCUT2D eigenvalue weighted by atomic mass is 10.0. The van der Waals surface area contributed by atoms with Crippen molar-refractivity contribution in [3.63, 3.8) is 0 Å². The van der Waals surface area contributed by atoms with Crippen LogP contribution in [0.3, 0.4) is 0 Å². The molecule has 3 aromatic rings. The van der Waals surface area contributed by atoms with Crippen LogP contribution in [0.15, 0.2) is 72.8 Å². The van der Waals surface area contributed by atoms with Crippen molar-refractivity contribution in [2.75, 3.05) is 17.7 Å². The van der Waals surface area contributed by atoms with E-state index >= 15 is 0 Å². The van der Waals surface area contributed by atoms with Crippen molar-refractivity contribution in [1.82, 2.24) is 0 Å². The van der Waals surface area contributed by atoms with Gasteiger partial charge in [0, 0.05) is 5.69 Å². The molecule has 0 heterocycles. The molecule has 1 amide bonds. The quantitative estimate of drug-likeness (QED) is 0.585. The average molecular weight is 374 g/mol. The largest absolute Gasteiger partial charge is 0.495 e. The van der Waals surface area contributed by atoms with Crippen molar-refractivity contribution in [2.45, 2.75) is 26.3 Å². The Kier molecular flexibility index (Phi) is 6.33. The smallest absolute Gasteiger partial charge is 0.251 e. The molecule has 4 nitrogen and oxygen atoms in total. The fourth-order valence-corrected chi connectivity index (χ4v) is 3.07. The standard InChI is InChI=1S/C24H26N2O2/c1-4-18-11-13-20(14-12-18)25-23(19-8-6-5-7-9-19)24(27)26-21-16-17(2)10-15-22(21)28-3/h5-16,23,25H,4H2,1-3H3,(H,26,27). The van der Waals surface area contributed by atoms with E-state index in [9.17, 15) is 4.79 Å². The second-order valence-electron chi connectivity index (χ2n) is 6.73. The molecule has 0 saturated heterocycles. The van der Waals surface area contributed by atoms with E-state index in [2.05, 4.69) is 29.7 Å². The summed E-state index contributed by atoms with van der Waals surface area (Å²) in [5, 5.41) is 6.38. The maximum absolute atomic E-state index is 13.2.